The van der Waals surface area contributed by atoms with Gasteiger partial charge in [-0.3, -0.25) is 4.79 Å². The Labute approximate surface area is 90.2 Å². The number of carbonyl (C=O) groups is 1. The lowest BCUT2D eigenvalue weighted by atomic mass is 10.1. The van der Waals surface area contributed by atoms with Crippen LogP contribution in [0.1, 0.15) is 30.1 Å². The van der Waals surface area contributed by atoms with Crippen molar-refractivity contribution in [2.24, 2.45) is 0 Å². The number of hydrogen-bond acceptors (Lipinski definition) is 2. The van der Waals surface area contributed by atoms with Gasteiger partial charge in [-0.25, -0.2) is 0 Å². The second-order valence-electron chi connectivity index (χ2n) is 3.93. The molecule has 0 unspecified atom stereocenters. The minimum Gasteiger partial charge on any atom is -0.346 e. The smallest absolute Gasteiger partial charge is 0.159 e. The quantitative estimate of drug-likeness (QED) is 0.685. The third kappa shape index (κ3) is 1.94. The Kier molecular flexibility index (Phi) is 2.58. The molecule has 0 radical (unpaired) electrons. The predicted octanol–water partition coefficient (Wildman–Crippen LogP) is 3.00. The molecule has 2 heteroatoms. The van der Waals surface area contributed by atoms with Gasteiger partial charge < -0.3 is 4.90 Å². The van der Waals surface area contributed by atoms with Crippen LogP contribution in [0, 0.1) is 0 Å². The molecule has 1 fully saturated rings. The van der Waals surface area contributed by atoms with Gasteiger partial charge in [-0.15, -0.1) is 0 Å². The molecule has 0 bridgehead atoms. The van der Waals surface area contributed by atoms with Crippen molar-refractivity contribution in [2.45, 2.75) is 19.8 Å². The zero-order valence-electron chi connectivity index (χ0n) is 8.99. The Bertz CT molecular complexity index is 409. The maximum Gasteiger partial charge on any atom is 0.159 e. The van der Waals surface area contributed by atoms with Crippen LogP contribution in [-0.2, 0) is 0 Å². The van der Waals surface area contributed by atoms with Crippen molar-refractivity contribution < 1.29 is 4.79 Å². The topological polar surface area (TPSA) is 20.3 Å². The second kappa shape index (κ2) is 3.89. The highest BCUT2D eigenvalue weighted by molar-refractivity contribution is 5.95. The number of benzene rings is 1. The van der Waals surface area contributed by atoms with Gasteiger partial charge in [0.1, 0.15) is 0 Å². The fourth-order valence-corrected chi connectivity index (χ4v) is 1.94. The van der Waals surface area contributed by atoms with E-state index in [4.69, 9.17) is 0 Å². The largest absolute Gasteiger partial charge is 0.346 e. The van der Waals surface area contributed by atoms with Gasteiger partial charge in [0, 0.05) is 23.5 Å². The van der Waals surface area contributed by atoms with E-state index in [1.807, 2.05) is 24.3 Å². The summed E-state index contributed by atoms with van der Waals surface area (Å²) in [6, 6.07) is 7.75. The van der Waals surface area contributed by atoms with Gasteiger partial charge in [0.25, 0.3) is 0 Å². The van der Waals surface area contributed by atoms with E-state index in [1.54, 1.807) is 6.92 Å². The van der Waals surface area contributed by atoms with Crippen molar-refractivity contribution in [1.82, 2.24) is 0 Å². The van der Waals surface area contributed by atoms with Crippen LogP contribution in [0.2, 0.25) is 0 Å². The van der Waals surface area contributed by atoms with Gasteiger partial charge in [-0.05, 0) is 31.9 Å². The number of nitrogens with zero attached hydrogens (tertiary/aromatic N) is 1. The van der Waals surface area contributed by atoms with E-state index < -0.39 is 0 Å². The van der Waals surface area contributed by atoms with Crippen LogP contribution < -0.4 is 4.90 Å². The van der Waals surface area contributed by atoms with E-state index >= 15 is 0 Å². The number of anilines is 1. The van der Waals surface area contributed by atoms with Crippen LogP contribution in [0.4, 0.5) is 5.69 Å². The SMILES string of the molecule is C=C1CCCN1c1cccc(C(C)=O)c1. The molecule has 15 heavy (non-hydrogen) atoms. The number of allylic oxidation sites excluding steroid dienone is 1. The number of ketones is 1. The molecule has 0 spiro atoms. The Hall–Kier alpha value is -1.57. The average molecular weight is 201 g/mol. The molecule has 1 aliphatic rings. The summed E-state index contributed by atoms with van der Waals surface area (Å²) in [5, 5.41) is 0. The number of rotatable bonds is 2. The Morgan fingerprint density at radius 1 is 1.47 bits per heavy atom. The molecule has 1 aliphatic heterocycles. The van der Waals surface area contributed by atoms with Crippen LogP contribution in [0.15, 0.2) is 36.5 Å². The molecule has 0 saturated carbocycles. The molecule has 0 aliphatic carbocycles. The summed E-state index contributed by atoms with van der Waals surface area (Å²) in [5.41, 5.74) is 3.01. The molecular formula is C13H15NO. The molecule has 1 aromatic rings. The molecule has 2 rings (SSSR count). The van der Waals surface area contributed by atoms with E-state index in [1.165, 1.54) is 0 Å². The Balaban J connectivity index is 2.32. The second-order valence-corrected chi connectivity index (χ2v) is 3.93. The van der Waals surface area contributed by atoms with Gasteiger partial charge in [0.15, 0.2) is 5.78 Å². The van der Waals surface area contributed by atoms with E-state index in [0.29, 0.717) is 0 Å². The molecular weight excluding hydrogens is 186 g/mol. The molecule has 1 heterocycles. The first-order chi connectivity index (χ1) is 7.18. The lowest BCUT2D eigenvalue weighted by molar-refractivity contribution is 0.101. The summed E-state index contributed by atoms with van der Waals surface area (Å²) in [7, 11) is 0. The van der Waals surface area contributed by atoms with Crippen molar-refractivity contribution >= 4 is 11.5 Å². The van der Waals surface area contributed by atoms with Crippen molar-refractivity contribution in [3.63, 3.8) is 0 Å². The lowest BCUT2D eigenvalue weighted by Crippen LogP contribution is -2.15. The minimum atomic E-state index is 0.113. The molecule has 0 amide bonds. The van der Waals surface area contributed by atoms with Gasteiger partial charge >= 0.3 is 0 Å². The Morgan fingerprint density at radius 2 is 2.27 bits per heavy atom. The molecule has 0 atom stereocenters. The van der Waals surface area contributed by atoms with Gasteiger partial charge in [-0.2, -0.15) is 0 Å². The van der Waals surface area contributed by atoms with E-state index in [2.05, 4.69) is 11.5 Å². The van der Waals surface area contributed by atoms with Gasteiger partial charge in [-0.1, -0.05) is 18.7 Å². The zero-order valence-corrected chi connectivity index (χ0v) is 8.99. The molecule has 0 N–H and O–H groups in total. The van der Waals surface area contributed by atoms with Crippen LogP contribution in [0.5, 0.6) is 0 Å². The number of Topliss-reactive ketones (excluding diaryl/α,β-unsaturated/α-hetero) is 1. The molecule has 78 valence electrons. The highest BCUT2D eigenvalue weighted by atomic mass is 16.1. The van der Waals surface area contributed by atoms with Crippen molar-refractivity contribution in [2.75, 3.05) is 11.4 Å². The van der Waals surface area contributed by atoms with Crippen LogP contribution >= 0.6 is 0 Å². The standard InChI is InChI=1S/C13H15NO/c1-10-5-4-8-14(10)13-7-3-6-12(9-13)11(2)15/h3,6-7,9H,1,4-5,8H2,2H3. The Morgan fingerprint density at radius 3 is 2.87 bits per heavy atom. The van der Waals surface area contributed by atoms with Crippen LogP contribution in [-0.4, -0.2) is 12.3 Å². The van der Waals surface area contributed by atoms with Gasteiger partial charge in [0.05, 0.1) is 0 Å². The molecule has 1 saturated heterocycles. The monoisotopic (exact) mass is 201 g/mol. The normalized spacial score (nSPS) is 15.8. The summed E-state index contributed by atoms with van der Waals surface area (Å²) >= 11 is 0. The van der Waals surface area contributed by atoms with Crippen LogP contribution in [0.25, 0.3) is 0 Å². The van der Waals surface area contributed by atoms with Crippen LogP contribution in [0.3, 0.4) is 0 Å². The maximum atomic E-state index is 11.3. The van der Waals surface area contributed by atoms with E-state index in [-0.39, 0.29) is 5.78 Å². The van der Waals surface area contributed by atoms with Crippen molar-refractivity contribution in [1.29, 1.82) is 0 Å². The summed E-state index contributed by atoms with van der Waals surface area (Å²) < 4.78 is 0. The summed E-state index contributed by atoms with van der Waals surface area (Å²) in [4.78, 5) is 13.4. The maximum absolute atomic E-state index is 11.3. The first kappa shape index (κ1) is 9.97. The summed E-state index contributed by atoms with van der Waals surface area (Å²) in [6.07, 6.45) is 2.22. The predicted molar refractivity (Wildman–Crippen MR) is 62.2 cm³/mol. The van der Waals surface area contributed by atoms with Gasteiger partial charge in [0.2, 0.25) is 0 Å². The first-order valence-electron chi connectivity index (χ1n) is 5.25. The third-order valence-electron chi connectivity index (χ3n) is 2.79. The van der Waals surface area contributed by atoms with E-state index in [0.717, 1.165) is 36.3 Å². The number of hydrogen-bond donors (Lipinski definition) is 0. The first-order valence-corrected chi connectivity index (χ1v) is 5.25. The lowest BCUT2D eigenvalue weighted by Gasteiger charge is -2.19. The molecule has 1 aromatic carbocycles. The number of carbonyl (C=O) groups excluding carboxylic acids is 1. The zero-order chi connectivity index (χ0) is 10.8. The highest BCUT2D eigenvalue weighted by Gasteiger charge is 2.16. The van der Waals surface area contributed by atoms with Crippen molar-refractivity contribution in [3.8, 4) is 0 Å². The van der Waals surface area contributed by atoms with E-state index in [9.17, 15) is 4.79 Å². The minimum absolute atomic E-state index is 0.113. The molecule has 2 nitrogen and oxygen atoms in total. The highest BCUT2D eigenvalue weighted by Crippen LogP contribution is 2.27. The van der Waals surface area contributed by atoms with Crippen molar-refractivity contribution in [3.05, 3.63) is 42.1 Å². The molecule has 0 aromatic heterocycles. The summed E-state index contributed by atoms with van der Waals surface area (Å²) in [6.45, 7) is 6.64. The fraction of sp³-hybridized carbons (Fsp3) is 0.308. The summed E-state index contributed by atoms with van der Waals surface area (Å²) in [5.74, 6) is 0.113. The third-order valence-corrected chi connectivity index (χ3v) is 2.79. The fourth-order valence-electron chi connectivity index (χ4n) is 1.94. The average Bonchev–Trinajstić information content (AvgIpc) is 2.64.